The number of phenols is 1. The van der Waals surface area contributed by atoms with Gasteiger partial charge in [-0.15, -0.1) is 5.10 Å². The minimum atomic E-state index is -0.312. The Bertz CT molecular complexity index is 1360. The predicted octanol–water partition coefficient (Wildman–Crippen LogP) is 4.84. The Morgan fingerprint density at radius 1 is 1.20 bits per heavy atom. The zero-order valence-electron chi connectivity index (χ0n) is 18.4. The number of thioether (sulfide) groups is 1. The third kappa shape index (κ3) is 6.11. The van der Waals surface area contributed by atoms with Gasteiger partial charge < -0.3 is 9.84 Å². The van der Waals surface area contributed by atoms with Crippen molar-refractivity contribution in [2.45, 2.75) is 5.16 Å². The number of rotatable bonds is 8. The lowest BCUT2D eigenvalue weighted by Gasteiger charge is -2.05. The molecule has 0 aliphatic rings. The number of ether oxygens (including phenoxy) is 1. The fourth-order valence-electron chi connectivity index (χ4n) is 3.17. The number of methoxy groups -OCH3 is 1. The van der Waals surface area contributed by atoms with Crippen LogP contribution in [0.5, 0.6) is 11.5 Å². The molecule has 4 rings (SSSR count). The number of hydrazone groups is 1. The molecule has 1 heterocycles. The first-order valence-corrected chi connectivity index (χ1v) is 12.9. The maximum absolute atomic E-state index is 12.4. The van der Waals surface area contributed by atoms with E-state index in [1.54, 1.807) is 19.2 Å². The molecule has 35 heavy (non-hydrogen) atoms. The minimum absolute atomic E-state index is 0.0343. The van der Waals surface area contributed by atoms with Gasteiger partial charge in [0, 0.05) is 10.0 Å². The summed E-state index contributed by atoms with van der Waals surface area (Å²) in [5.74, 6) is 1.34. The number of aromatic nitrogens is 3. The summed E-state index contributed by atoms with van der Waals surface area (Å²) in [6.45, 7) is 0. The molecule has 3 N–H and O–H groups in total. The summed E-state index contributed by atoms with van der Waals surface area (Å²) in [5, 5.41) is 22.2. The fraction of sp³-hybridized carbons (Fsp3) is 0.0833. The van der Waals surface area contributed by atoms with Gasteiger partial charge in [-0.1, -0.05) is 34.1 Å². The molecule has 11 heteroatoms. The SMILES string of the molecule is COc1ccc(-c2[nH]nc(SCC(=O)N/N=C/c3cc(Br)cc(Br)c3O)[n+]2-c2ccccc2)cc1. The topological polar surface area (TPSA) is 103 Å². The summed E-state index contributed by atoms with van der Waals surface area (Å²) in [5.41, 5.74) is 4.77. The third-order valence-electron chi connectivity index (χ3n) is 4.83. The van der Waals surface area contributed by atoms with Gasteiger partial charge in [-0.2, -0.15) is 9.67 Å². The van der Waals surface area contributed by atoms with E-state index in [0.29, 0.717) is 15.2 Å². The lowest BCUT2D eigenvalue weighted by Crippen LogP contribution is -2.34. The van der Waals surface area contributed by atoms with E-state index in [4.69, 9.17) is 4.74 Å². The van der Waals surface area contributed by atoms with Crippen molar-refractivity contribution in [1.82, 2.24) is 15.6 Å². The number of hydrogen-bond donors (Lipinski definition) is 3. The van der Waals surface area contributed by atoms with Gasteiger partial charge in [-0.05, 0) is 76.2 Å². The van der Waals surface area contributed by atoms with Crippen molar-refractivity contribution in [3.8, 4) is 28.6 Å². The van der Waals surface area contributed by atoms with Crippen molar-refractivity contribution in [1.29, 1.82) is 0 Å². The molecule has 0 atom stereocenters. The van der Waals surface area contributed by atoms with E-state index in [1.807, 2.05) is 59.2 Å². The molecule has 0 unspecified atom stereocenters. The number of H-pyrrole nitrogens is 1. The number of hydrogen-bond acceptors (Lipinski definition) is 6. The van der Waals surface area contributed by atoms with Gasteiger partial charge in [-0.25, -0.2) is 5.43 Å². The number of carbonyl (C=O) groups is 1. The van der Waals surface area contributed by atoms with Crippen LogP contribution in [-0.2, 0) is 4.79 Å². The minimum Gasteiger partial charge on any atom is -0.506 e. The number of para-hydroxylation sites is 1. The standard InChI is InChI=1S/C24H19Br2N5O3S/c1-34-19-9-7-15(8-10-19)23-29-30-24(31(23)18-5-3-2-4-6-18)35-14-21(32)28-27-13-16-11-17(25)12-20(26)22(16)33/h2-13H,14H2,1H3,(H2,27,28,32,33)/p+1. The summed E-state index contributed by atoms with van der Waals surface area (Å²) < 4.78 is 8.50. The summed E-state index contributed by atoms with van der Waals surface area (Å²) in [7, 11) is 1.62. The summed E-state index contributed by atoms with van der Waals surface area (Å²) >= 11 is 7.90. The van der Waals surface area contributed by atoms with Crippen molar-refractivity contribution in [3.05, 3.63) is 81.2 Å². The number of halogens is 2. The van der Waals surface area contributed by atoms with E-state index in [9.17, 15) is 9.90 Å². The van der Waals surface area contributed by atoms with Crippen molar-refractivity contribution in [2.24, 2.45) is 5.10 Å². The Hall–Kier alpha value is -3.15. The summed E-state index contributed by atoms with van der Waals surface area (Å²) in [6.07, 6.45) is 1.38. The Balaban J connectivity index is 1.50. The normalized spacial score (nSPS) is 11.1. The lowest BCUT2D eigenvalue weighted by molar-refractivity contribution is -0.625. The van der Waals surface area contributed by atoms with E-state index in [0.717, 1.165) is 27.3 Å². The molecule has 0 saturated carbocycles. The maximum Gasteiger partial charge on any atom is 0.342 e. The second-order valence-electron chi connectivity index (χ2n) is 7.16. The van der Waals surface area contributed by atoms with Crippen LogP contribution in [0.1, 0.15) is 5.56 Å². The number of phenolic OH excluding ortho intramolecular Hbond substituents is 1. The largest absolute Gasteiger partial charge is 0.506 e. The monoisotopic (exact) mass is 616 g/mol. The van der Waals surface area contributed by atoms with Gasteiger partial charge in [0.15, 0.2) is 0 Å². The number of amides is 1. The van der Waals surface area contributed by atoms with Crippen LogP contribution in [0.25, 0.3) is 17.1 Å². The van der Waals surface area contributed by atoms with Crippen LogP contribution in [-0.4, -0.2) is 40.3 Å². The molecule has 3 aromatic carbocycles. The van der Waals surface area contributed by atoms with E-state index >= 15 is 0 Å². The van der Waals surface area contributed by atoms with Crippen molar-refractivity contribution >= 4 is 55.7 Å². The highest BCUT2D eigenvalue weighted by Gasteiger charge is 2.24. The van der Waals surface area contributed by atoms with Crippen molar-refractivity contribution in [3.63, 3.8) is 0 Å². The van der Waals surface area contributed by atoms with Gasteiger partial charge in [0.05, 0.1) is 34.2 Å². The first-order chi connectivity index (χ1) is 17.0. The van der Waals surface area contributed by atoms with Gasteiger partial charge in [-0.3, -0.25) is 4.79 Å². The Morgan fingerprint density at radius 3 is 2.66 bits per heavy atom. The quantitative estimate of drug-likeness (QED) is 0.114. The third-order valence-corrected chi connectivity index (χ3v) is 6.83. The number of nitrogens with one attached hydrogen (secondary N) is 2. The second-order valence-corrected chi connectivity index (χ2v) is 9.87. The predicted molar refractivity (Wildman–Crippen MR) is 142 cm³/mol. The molecular formula is C24H20Br2N5O3S+. The Kier molecular flexibility index (Phi) is 8.21. The molecule has 0 fully saturated rings. The molecule has 0 saturated heterocycles. The smallest absolute Gasteiger partial charge is 0.342 e. The fourth-order valence-corrected chi connectivity index (χ4v) is 5.19. The highest BCUT2D eigenvalue weighted by atomic mass is 79.9. The first-order valence-electron chi connectivity index (χ1n) is 10.3. The second kappa shape index (κ2) is 11.5. The average Bonchev–Trinajstić information content (AvgIpc) is 3.30. The highest BCUT2D eigenvalue weighted by molar-refractivity contribution is 9.11. The van der Waals surface area contributed by atoms with Crippen LogP contribution >= 0.6 is 43.6 Å². The van der Waals surface area contributed by atoms with Crippen LogP contribution in [0.3, 0.4) is 0 Å². The molecular weight excluding hydrogens is 598 g/mol. The molecule has 0 radical (unpaired) electrons. The highest BCUT2D eigenvalue weighted by Crippen LogP contribution is 2.30. The maximum atomic E-state index is 12.4. The molecule has 0 spiro atoms. The van der Waals surface area contributed by atoms with E-state index < -0.39 is 0 Å². The number of aromatic hydroxyl groups is 1. The molecule has 178 valence electrons. The number of nitrogens with zero attached hydrogens (tertiary/aromatic N) is 3. The molecule has 0 bridgehead atoms. The lowest BCUT2D eigenvalue weighted by atomic mass is 10.2. The van der Waals surface area contributed by atoms with E-state index in [2.05, 4.69) is 52.6 Å². The Morgan fingerprint density at radius 2 is 1.94 bits per heavy atom. The summed E-state index contributed by atoms with van der Waals surface area (Å²) in [6, 6.07) is 20.8. The first kappa shape index (κ1) is 25.0. The van der Waals surface area contributed by atoms with Crippen molar-refractivity contribution < 1.29 is 19.2 Å². The van der Waals surface area contributed by atoms with Gasteiger partial charge in [0.25, 0.3) is 11.7 Å². The number of aromatic amines is 1. The molecule has 0 aliphatic carbocycles. The molecule has 0 aliphatic heterocycles. The molecule has 1 aromatic heterocycles. The van der Waals surface area contributed by atoms with Crippen LogP contribution < -0.4 is 14.7 Å². The number of benzene rings is 3. The van der Waals surface area contributed by atoms with Gasteiger partial charge in [0.1, 0.15) is 17.2 Å². The van der Waals surface area contributed by atoms with Crippen LogP contribution in [0.15, 0.2) is 85.9 Å². The zero-order chi connectivity index (χ0) is 24.8. The van der Waals surface area contributed by atoms with E-state index in [-0.39, 0.29) is 17.4 Å². The van der Waals surface area contributed by atoms with Crippen LogP contribution in [0.4, 0.5) is 0 Å². The molecule has 8 nitrogen and oxygen atoms in total. The van der Waals surface area contributed by atoms with Gasteiger partial charge in [0.2, 0.25) is 0 Å². The van der Waals surface area contributed by atoms with Gasteiger partial charge >= 0.3 is 5.16 Å². The van der Waals surface area contributed by atoms with Crippen molar-refractivity contribution in [2.75, 3.05) is 12.9 Å². The molecule has 1 amide bonds. The summed E-state index contributed by atoms with van der Waals surface area (Å²) in [4.78, 5) is 12.4. The zero-order valence-corrected chi connectivity index (χ0v) is 22.4. The average molecular weight is 618 g/mol. The Labute approximate surface area is 222 Å². The van der Waals surface area contributed by atoms with Crippen LogP contribution in [0, 0.1) is 0 Å². The van der Waals surface area contributed by atoms with E-state index in [1.165, 1.54) is 18.0 Å². The number of carbonyl (C=O) groups excluding carboxylic acids is 1. The molecule has 4 aromatic rings. The van der Waals surface area contributed by atoms with Crippen LogP contribution in [0.2, 0.25) is 0 Å².